The topological polar surface area (TPSA) is 9.23 Å². The van der Waals surface area contributed by atoms with Crippen LogP contribution in [0.2, 0.25) is 0 Å². The molecule has 0 radical (unpaired) electrons. The first-order valence-electron chi connectivity index (χ1n) is 6.40. The van der Waals surface area contributed by atoms with Crippen molar-refractivity contribution in [3.8, 4) is 5.75 Å². The predicted octanol–water partition coefficient (Wildman–Crippen LogP) is 4.89. The zero-order valence-corrected chi connectivity index (χ0v) is 10.9. The molecule has 0 aromatic heterocycles. The molecule has 0 bridgehead atoms. The van der Waals surface area contributed by atoms with Crippen LogP contribution in [0.3, 0.4) is 0 Å². The van der Waals surface area contributed by atoms with Gasteiger partial charge in [0.2, 0.25) is 0 Å². The minimum atomic E-state index is -4.08. The van der Waals surface area contributed by atoms with Gasteiger partial charge in [0.1, 0.15) is 11.6 Å². The van der Waals surface area contributed by atoms with E-state index in [0.29, 0.717) is 37.2 Å². The zero-order valence-electron chi connectivity index (χ0n) is 10.9. The second-order valence-electron chi connectivity index (χ2n) is 4.38. The molecule has 1 nitrogen and oxygen atoms in total. The Balaban J connectivity index is 2.21. The van der Waals surface area contributed by atoms with Crippen molar-refractivity contribution in [2.45, 2.75) is 45.2 Å². The van der Waals surface area contributed by atoms with Crippen molar-refractivity contribution >= 4 is 0 Å². The van der Waals surface area contributed by atoms with Crippen molar-refractivity contribution in [3.63, 3.8) is 0 Å². The average Bonchev–Trinajstić information content (AvgIpc) is 2.32. The molecule has 0 aliphatic carbocycles. The molecule has 19 heavy (non-hydrogen) atoms. The van der Waals surface area contributed by atoms with Crippen LogP contribution in [0, 0.1) is 5.82 Å². The smallest absolute Gasteiger partial charge is 0.389 e. The van der Waals surface area contributed by atoms with Gasteiger partial charge in [0.15, 0.2) is 0 Å². The molecule has 0 heterocycles. The number of benzene rings is 1. The molecule has 0 amide bonds. The Kier molecular flexibility index (Phi) is 6.12. The van der Waals surface area contributed by atoms with E-state index in [1.165, 1.54) is 6.07 Å². The van der Waals surface area contributed by atoms with Gasteiger partial charge in [0.05, 0.1) is 6.61 Å². The van der Waals surface area contributed by atoms with E-state index in [0.717, 1.165) is 0 Å². The fourth-order valence-electron chi connectivity index (χ4n) is 1.70. The Hall–Kier alpha value is -1.26. The maximum Gasteiger partial charge on any atom is 0.389 e. The maximum absolute atomic E-state index is 13.4. The minimum absolute atomic E-state index is 0.107. The Morgan fingerprint density at radius 1 is 1.11 bits per heavy atom. The Bertz CT molecular complexity index is 388. The zero-order chi connectivity index (χ0) is 14.3. The van der Waals surface area contributed by atoms with Gasteiger partial charge in [-0.3, -0.25) is 0 Å². The first-order valence-corrected chi connectivity index (χ1v) is 6.40. The molecule has 0 saturated carbocycles. The molecule has 1 rings (SSSR count). The Morgan fingerprint density at radius 2 is 1.84 bits per heavy atom. The SMILES string of the molecule is CCc1ccc(OCCCCCC(F)(F)F)cc1F. The van der Waals surface area contributed by atoms with E-state index in [9.17, 15) is 17.6 Å². The predicted molar refractivity (Wildman–Crippen MR) is 65.8 cm³/mol. The summed E-state index contributed by atoms with van der Waals surface area (Å²) in [4.78, 5) is 0. The molecule has 1 aromatic rings. The summed E-state index contributed by atoms with van der Waals surface area (Å²) in [6, 6.07) is 4.65. The highest BCUT2D eigenvalue weighted by atomic mass is 19.4. The van der Waals surface area contributed by atoms with E-state index < -0.39 is 12.6 Å². The highest BCUT2D eigenvalue weighted by Gasteiger charge is 2.25. The van der Waals surface area contributed by atoms with Crippen LogP contribution in [0.1, 0.15) is 38.2 Å². The van der Waals surface area contributed by atoms with Gasteiger partial charge in [0, 0.05) is 12.5 Å². The molecule has 0 spiro atoms. The van der Waals surface area contributed by atoms with E-state index in [2.05, 4.69) is 0 Å². The summed E-state index contributed by atoms with van der Waals surface area (Å²) in [6.45, 7) is 2.17. The molecule has 5 heteroatoms. The highest BCUT2D eigenvalue weighted by Crippen LogP contribution is 2.23. The van der Waals surface area contributed by atoms with Gasteiger partial charge in [-0.05, 0) is 37.3 Å². The third-order valence-corrected chi connectivity index (χ3v) is 2.78. The van der Waals surface area contributed by atoms with Gasteiger partial charge in [0.25, 0.3) is 0 Å². The third kappa shape index (κ3) is 6.45. The van der Waals surface area contributed by atoms with E-state index in [1.54, 1.807) is 12.1 Å². The van der Waals surface area contributed by atoms with Crippen molar-refractivity contribution in [1.29, 1.82) is 0 Å². The molecule has 0 aliphatic heterocycles. The van der Waals surface area contributed by atoms with Gasteiger partial charge in [-0.1, -0.05) is 13.0 Å². The molecule has 108 valence electrons. The number of rotatable bonds is 7. The van der Waals surface area contributed by atoms with Crippen molar-refractivity contribution in [1.82, 2.24) is 0 Å². The fraction of sp³-hybridized carbons (Fsp3) is 0.571. The maximum atomic E-state index is 13.4. The number of unbranched alkanes of at least 4 members (excludes halogenated alkanes) is 2. The van der Waals surface area contributed by atoms with Gasteiger partial charge < -0.3 is 4.74 Å². The minimum Gasteiger partial charge on any atom is -0.493 e. The number of alkyl halides is 3. The number of hydrogen-bond acceptors (Lipinski definition) is 1. The van der Waals surface area contributed by atoms with Crippen molar-refractivity contribution < 1.29 is 22.3 Å². The van der Waals surface area contributed by atoms with E-state index in [4.69, 9.17) is 4.74 Å². The van der Waals surface area contributed by atoms with E-state index in [-0.39, 0.29) is 12.2 Å². The van der Waals surface area contributed by atoms with Crippen LogP contribution in [0.25, 0.3) is 0 Å². The molecular formula is C14H18F4O. The molecule has 1 aromatic carbocycles. The summed E-state index contributed by atoms with van der Waals surface area (Å²) in [5, 5.41) is 0. The molecule has 0 atom stereocenters. The van der Waals surface area contributed by atoms with Crippen molar-refractivity contribution in [2.75, 3.05) is 6.61 Å². The monoisotopic (exact) mass is 278 g/mol. The fourth-order valence-corrected chi connectivity index (χ4v) is 1.70. The van der Waals surface area contributed by atoms with Gasteiger partial charge in [-0.25, -0.2) is 4.39 Å². The normalized spacial score (nSPS) is 11.6. The summed E-state index contributed by atoms with van der Waals surface area (Å²) in [7, 11) is 0. The van der Waals surface area contributed by atoms with Crippen molar-refractivity contribution in [2.24, 2.45) is 0 Å². The number of hydrogen-bond donors (Lipinski definition) is 0. The summed E-state index contributed by atoms with van der Waals surface area (Å²) in [6.07, 6.45) is -3.13. The number of ether oxygens (including phenoxy) is 1. The lowest BCUT2D eigenvalue weighted by Crippen LogP contribution is -2.07. The summed E-state index contributed by atoms with van der Waals surface area (Å²) >= 11 is 0. The van der Waals surface area contributed by atoms with Gasteiger partial charge in [-0.15, -0.1) is 0 Å². The number of halogens is 4. The highest BCUT2D eigenvalue weighted by molar-refractivity contribution is 5.28. The van der Waals surface area contributed by atoms with Gasteiger partial charge in [-0.2, -0.15) is 13.2 Å². The average molecular weight is 278 g/mol. The number of aryl methyl sites for hydroxylation is 1. The molecule has 0 unspecified atom stereocenters. The first-order chi connectivity index (χ1) is 8.92. The van der Waals surface area contributed by atoms with Crippen LogP contribution < -0.4 is 4.74 Å². The second kappa shape index (κ2) is 7.36. The van der Waals surface area contributed by atoms with E-state index >= 15 is 0 Å². The second-order valence-corrected chi connectivity index (χ2v) is 4.38. The quantitative estimate of drug-likeness (QED) is 0.509. The first kappa shape index (κ1) is 15.8. The molecule has 0 N–H and O–H groups in total. The lowest BCUT2D eigenvalue weighted by molar-refractivity contribution is -0.135. The van der Waals surface area contributed by atoms with Gasteiger partial charge >= 0.3 is 6.18 Å². The molecule has 0 saturated heterocycles. The lowest BCUT2D eigenvalue weighted by Gasteiger charge is -2.08. The van der Waals surface area contributed by atoms with Crippen LogP contribution in [-0.2, 0) is 6.42 Å². The van der Waals surface area contributed by atoms with Crippen molar-refractivity contribution in [3.05, 3.63) is 29.6 Å². The van der Waals surface area contributed by atoms with Crippen LogP contribution in [0.15, 0.2) is 18.2 Å². The van der Waals surface area contributed by atoms with Crippen LogP contribution in [0.4, 0.5) is 17.6 Å². The molecule has 0 aliphatic rings. The Labute approximate surface area is 110 Å². The summed E-state index contributed by atoms with van der Waals surface area (Å²) in [5.74, 6) is 0.114. The third-order valence-electron chi connectivity index (χ3n) is 2.78. The lowest BCUT2D eigenvalue weighted by atomic mass is 10.1. The molecule has 0 fully saturated rings. The summed E-state index contributed by atoms with van der Waals surface area (Å²) in [5.41, 5.74) is 0.623. The van der Waals surface area contributed by atoms with Crippen LogP contribution in [0.5, 0.6) is 5.75 Å². The summed E-state index contributed by atoms with van der Waals surface area (Å²) < 4.78 is 54.3. The molecular weight excluding hydrogens is 260 g/mol. The largest absolute Gasteiger partial charge is 0.493 e. The van der Waals surface area contributed by atoms with Crippen LogP contribution in [-0.4, -0.2) is 12.8 Å². The standard InChI is InChI=1S/C14H18F4O/c1-2-11-6-7-12(10-13(11)15)19-9-5-3-4-8-14(16,17)18/h6-7,10H,2-5,8-9H2,1H3. The van der Waals surface area contributed by atoms with E-state index in [1.807, 2.05) is 6.92 Å². The van der Waals surface area contributed by atoms with Crippen LogP contribution >= 0.6 is 0 Å². The Morgan fingerprint density at radius 3 is 2.42 bits per heavy atom.